The van der Waals surface area contributed by atoms with Crippen molar-refractivity contribution in [2.24, 2.45) is 17.6 Å². The van der Waals surface area contributed by atoms with Crippen molar-refractivity contribution in [1.82, 2.24) is 4.90 Å². The maximum absolute atomic E-state index is 12.1. The quantitative estimate of drug-likeness (QED) is 0.689. The number of carbonyl (C=O) groups is 1. The largest absolute Gasteiger partial charge is 0.396 e. The van der Waals surface area contributed by atoms with E-state index in [1.807, 2.05) is 4.90 Å². The summed E-state index contributed by atoms with van der Waals surface area (Å²) in [5, 5.41) is 8.90. The van der Waals surface area contributed by atoms with E-state index in [-0.39, 0.29) is 12.5 Å². The molecule has 3 N–H and O–H groups in total. The standard InChI is InChI=1S/C14H28N2O2/c1-2-12(5-8-15)3-4-14(18)16-9-6-13(11-16)7-10-17/h12-13,17H,2-11,15H2,1H3. The van der Waals surface area contributed by atoms with Crippen LogP contribution in [0.25, 0.3) is 0 Å². The van der Waals surface area contributed by atoms with Gasteiger partial charge in [-0.3, -0.25) is 4.79 Å². The molecule has 0 spiro atoms. The molecular weight excluding hydrogens is 228 g/mol. The van der Waals surface area contributed by atoms with Crippen molar-refractivity contribution < 1.29 is 9.90 Å². The van der Waals surface area contributed by atoms with Crippen LogP contribution in [0.1, 0.15) is 45.4 Å². The summed E-state index contributed by atoms with van der Waals surface area (Å²) in [6, 6.07) is 0. The predicted molar refractivity (Wildman–Crippen MR) is 73.1 cm³/mol. The Bertz CT molecular complexity index is 246. The summed E-state index contributed by atoms with van der Waals surface area (Å²) in [6.45, 7) is 4.83. The molecule has 1 rings (SSSR count). The van der Waals surface area contributed by atoms with Crippen molar-refractivity contribution in [2.45, 2.75) is 45.4 Å². The van der Waals surface area contributed by atoms with Gasteiger partial charge < -0.3 is 15.7 Å². The lowest BCUT2D eigenvalue weighted by atomic mass is 9.96. The Morgan fingerprint density at radius 1 is 1.50 bits per heavy atom. The minimum absolute atomic E-state index is 0.237. The number of carbonyl (C=O) groups excluding carboxylic acids is 1. The minimum Gasteiger partial charge on any atom is -0.396 e. The van der Waals surface area contributed by atoms with Crippen molar-refractivity contribution in [3.63, 3.8) is 0 Å². The molecule has 1 aliphatic heterocycles. The van der Waals surface area contributed by atoms with E-state index in [4.69, 9.17) is 10.8 Å². The summed E-state index contributed by atoms with van der Waals surface area (Å²) in [7, 11) is 0. The number of nitrogens with zero attached hydrogens (tertiary/aromatic N) is 1. The summed E-state index contributed by atoms with van der Waals surface area (Å²) in [6.07, 6.45) is 5.63. The van der Waals surface area contributed by atoms with Gasteiger partial charge in [-0.15, -0.1) is 0 Å². The van der Waals surface area contributed by atoms with E-state index in [9.17, 15) is 4.79 Å². The topological polar surface area (TPSA) is 66.6 Å². The smallest absolute Gasteiger partial charge is 0.222 e. The Hall–Kier alpha value is -0.610. The maximum Gasteiger partial charge on any atom is 0.222 e. The zero-order chi connectivity index (χ0) is 13.4. The molecule has 4 heteroatoms. The molecule has 0 bridgehead atoms. The summed E-state index contributed by atoms with van der Waals surface area (Å²) in [5.74, 6) is 1.38. The van der Waals surface area contributed by atoms with E-state index < -0.39 is 0 Å². The lowest BCUT2D eigenvalue weighted by Gasteiger charge is -2.19. The van der Waals surface area contributed by atoms with E-state index in [0.29, 0.717) is 18.3 Å². The molecule has 1 amide bonds. The van der Waals surface area contributed by atoms with Crippen LogP contribution in [0.15, 0.2) is 0 Å². The van der Waals surface area contributed by atoms with E-state index in [1.165, 1.54) is 0 Å². The van der Waals surface area contributed by atoms with Gasteiger partial charge >= 0.3 is 0 Å². The molecule has 0 aromatic rings. The molecule has 4 nitrogen and oxygen atoms in total. The van der Waals surface area contributed by atoms with Crippen LogP contribution in [-0.2, 0) is 4.79 Å². The highest BCUT2D eigenvalue weighted by molar-refractivity contribution is 5.76. The number of likely N-dealkylation sites (tertiary alicyclic amines) is 1. The molecule has 0 aromatic heterocycles. The van der Waals surface area contributed by atoms with Crippen molar-refractivity contribution in [1.29, 1.82) is 0 Å². The fourth-order valence-corrected chi connectivity index (χ4v) is 2.75. The van der Waals surface area contributed by atoms with E-state index in [0.717, 1.165) is 51.7 Å². The highest BCUT2D eigenvalue weighted by Crippen LogP contribution is 2.21. The average molecular weight is 256 g/mol. The molecule has 1 aliphatic rings. The molecule has 0 saturated carbocycles. The Balaban J connectivity index is 2.24. The number of aliphatic hydroxyl groups is 1. The van der Waals surface area contributed by atoms with Gasteiger partial charge in [0.05, 0.1) is 0 Å². The van der Waals surface area contributed by atoms with Crippen LogP contribution in [0.4, 0.5) is 0 Å². The van der Waals surface area contributed by atoms with Crippen LogP contribution in [0, 0.1) is 11.8 Å². The third-order valence-corrected chi connectivity index (χ3v) is 4.09. The molecule has 2 unspecified atom stereocenters. The molecule has 0 radical (unpaired) electrons. The molecule has 2 atom stereocenters. The van der Waals surface area contributed by atoms with Gasteiger partial charge in [-0.05, 0) is 44.1 Å². The lowest BCUT2D eigenvalue weighted by molar-refractivity contribution is -0.130. The van der Waals surface area contributed by atoms with Gasteiger partial charge in [0.15, 0.2) is 0 Å². The Kier molecular flexibility index (Phi) is 7.28. The second-order valence-electron chi connectivity index (χ2n) is 5.40. The van der Waals surface area contributed by atoms with E-state index >= 15 is 0 Å². The van der Waals surface area contributed by atoms with Crippen LogP contribution in [0.2, 0.25) is 0 Å². The SMILES string of the molecule is CCC(CCN)CCC(=O)N1CCC(CCO)C1. The highest BCUT2D eigenvalue weighted by Gasteiger charge is 2.25. The molecule has 1 saturated heterocycles. The molecule has 1 heterocycles. The highest BCUT2D eigenvalue weighted by atomic mass is 16.3. The zero-order valence-electron chi connectivity index (χ0n) is 11.6. The fourth-order valence-electron chi connectivity index (χ4n) is 2.75. The average Bonchev–Trinajstić information content (AvgIpc) is 2.83. The number of amides is 1. The molecular formula is C14H28N2O2. The van der Waals surface area contributed by atoms with Gasteiger partial charge in [-0.2, -0.15) is 0 Å². The van der Waals surface area contributed by atoms with E-state index in [2.05, 4.69) is 6.92 Å². The first-order chi connectivity index (χ1) is 8.71. The number of aliphatic hydroxyl groups excluding tert-OH is 1. The van der Waals surface area contributed by atoms with Crippen molar-refractivity contribution in [3.8, 4) is 0 Å². The van der Waals surface area contributed by atoms with Crippen LogP contribution in [-0.4, -0.2) is 42.2 Å². The Labute approximate surface area is 111 Å². The summed E-state index contributed by atoms with van der Waals surface area (Å²) in [5.41, 5.74) is 5.57. The van der Waals surface area contributed by atoms with Crippen LogP contribution in [0.3, 0.4) is 0 Å². The normalized spacial score (nSPS) is 21.3. The first-order valence-corrected chi connectivity index (χ1v) is 7.29. The Morgan fingerprint density at radius 3 is 2.89 bits per heavy atom. The molecule has 0 aromatic carbocycles. The van der Waals surface area contributed by atoms with Gasteiger partial charge in [-0.1, -0.05) is 13.3 Å². The summed E-state index contributed by atoms with van der Waals surface area (Å²) in [4.78, 5) is 14.0. The van der Waals surface area contributed by atoms with Gasteiger partial charge in [0.2, 0.25) is 5.91 Å². The van der Waals surface area contributed by atoms with Crippen molar-refractivity contribution in [3.05, 3.63) is 0 Å². The van der Waals surface area contributed by atoms with Crippen LogP contribution < -0.4 is 5.73 Å². The minimum atomic E-state index is 0.237. The number of rotatable bonds is 8. The van der Waals surface area contributed by atoms with Crippen LogP contribution >= 0.6 is 0 Å². The molecule has 18 heavy (non-hydrogen) atoms. The fraction of sp³-hybridized carbons (Fsp3) is 0.929. The first-order valence-electron chi connectivity index (χ1n) is 7.29. The monoisotopic (exact) mass is 256 g/mol. The van der Waals surface area contributed by atoms with Crippen LogP contribution in [0.5, 0.6) is 0 Å². The number of hydrogen-bond acceptors (Lipinski definition) is 3. The Morgan fingerprint density at radius 2 is 2.28 bits per heavy atom. The molecule has 106 valence electrons. The van der Waals surface area contributed by atoms with Crippen molar-refractivity contribution >= 4 is 5.91 Å². The van der Waals surface area contributed by atoms with Gasteiger partial charge in [0.1, 0.15) is 0 Å². The van der Waals surface area contributed by atoms with Gasteiger partial charge in [-0.25, -0.2) is 0 Å². The lowest BCUT2D eigenvalue weighted by Crippen LogP contribution is -2.29. The second-order valence-corrected chi connectivity index (χ2v) is 5.40. The number of hydrogen-bond donors (Lipinski definition) is 2. The first kappa shape index (κ1) is 15.4. The second kappa shape index (κ2) is 8.48. The maximum atomic E-state index is 12.1. The summed E-state index contributed by atoms with van der Waals surface area (Å²) < 4.78 is 0. The van der Waals surface area contributed by atoms with E-state index in [1.54, 1.807) is 0 Å². The molecule has 0 aliphatic carbocycles. The summed E-state index contributed by atoms with van der Waals surface area (Å²) >= 11 is 0. The third-order valence-electron chi connectivity index (χ3n) is 4.09. The van der Waals surface area contributed by atoms with Gasteiger partial charge in [0, 0.05) is 26.1 Å². The van der Waals surface area contributed by atoms with Crippen molar-refractivity contribution in [2.75, 3.05) is 26.2 Å². The zero-order valence-corrected chi connectivity index (χ0v) is 11.6. The third kappa shape index (κ3) is 4.94. The predicted octanol–water partition coefficient (Wildman–Crippen LogP) is 1.37. The van der Waals surface area contributed by atoms with Gasteiger partial charge in [0.25, 0.3) is 0 Å². The molecule has 1 fully saturated rings. The number of nitrogens with two attached hydrogens (primary N) is 1.